The minimum absolute atomic E-state index is 0.0475. The van der Waals surface area contributed by atoms with Crippen LogP contribution >= 0.6 is 12.6 Å². The third-order valence-electron chi connectivity index (χ3n) is 1.99. The molecule has 0 aromatic carbocycles. The van der Waals surface area contributed by atoms with Gasteiger partial charge in [-0.25, -0.2) is 0 Å². The highest BCUT2D eigenvalue weighted by atomic mass is 32.1. The first-order chi connectivity index (χ1) is 8.77. The van der Waals surface area contributed by atoms with Crippen LogP contribution in [-0.2, 0) is 19.2 Å². The van der Waals surface area contributed by atoms with E-state index < -0.39 is 48.7 Å². The van der Waals surface area contributed by atoms with E-state index in [9.17, 15) is 19.2 Å². The van der Waals surface area contributed by atoms with E-state index in [0.29, 0.717) is 0 Å². The number of hydrogen-bond donors (Lipinski definition) is 6. The molecule has 0 rings (SSSR count). The monoisotopic (exact) mass is 292 g/mol. The van der Waals surface area contributed by atoms with Gasteiger partial charge in [-0.2, -0.15) is 12.6 Å². The summed E-state index contributed by atoms with van der Waals surface area (Å²) in [5.41, 5.74) is 10.3. The first-order valence-corrected chi connectivity index (χ1v) is 5.85. The maximum atomic E-state index is 11.6. The van der Waals surface area contributed by atoms with E-state index in [0.717, 1.165) is 0 Å². The Labute approximate surface area is 114 Å². The second-order valence-electron chi connectivity index (χ2n) is 3.63. The van der Waals surface area contributed by atoms with Crippen LogP contribution in [0.5, 0.6) is 0 Å². The minimum Gasteiger partial charge on any atom is -0.480 e. The number of carboxylic acids is 1. The second-order valence-corrected chi connectivity index (χ2v) is 4.00. The molecule has 0 fully saturated rings. The summed E-state index contributed by atoms with van der Waals surface area (Å²) in [5.74, 6) is -3.56. The number of rotatable bonds is 8. The summed E-state index contributed by atoms with van der Waals surface area (Å²) in [7, 11) is 0. The standard InChI is InChI=1S/C9H16N4O5S/c10-4(3-19)8(17)13-5(1-6(11)14)9(18)12-2-7(15)16/h4-5,19H,1-3,10H2,(H2,11,14)(H,12,18)(H,13,17)(H,15,16)/t4-,5-/m0/s1. The molecule has 0 aliphatic carbocycles. The van der Waals surface area contributed by atoms with Crippen LogP contribution in [-0.4, -0.2) is 53.2 Å². The first-order valence-electron chi connectivity index (χ1n) is 5.22. The third-order valence-corrected chi connectivity index (χ3v) is 2.38. The smallest absolute Gasteiger partial charge is 0.322 e. The Hall–Kier alpha value is -1.81. The molecule has 0 bridgehead atoms. The van der Waals surface area contributed by atoms with Crippen LogP contribution in [0.15, 0.2) is 0 Å². The number of carbonyl (C=O) groups is 4. The van der Waals surface area contributed by atoms with Crippen molar-refractivity contribution >= 4 is 36.3 Å². The maximum Gasteiger partial charge on any atom is 0.322 e. The third kappa shape index (κ3) is 7.26. The summed E-state index contributed by atoms with van der Waals surface area (Å²) < 4.78 is 0. The van der Waals surface area contributed by atoms with Crippen molar-refractivity contribution in [2.45, 2.75) is 18.5 Å². The van der Waals surface area contributed by atoms with E-state index >= 15 is 0 Å². The first kappa shape index (κ1) is 17.2. The van der Waals surface area contributed by atoms with Crippen molar-refractivity contribution in [2.75, 3.05) is 12.3 Å². The number of hydrogen-bond acceptors (Lipinski definition) is 6. The Morgan fingerprint density at radius 1 is 1.21 bits per heavy atom. The van der Waals surface area contributed by atoms with Crippen LogP contribution in [0, 0.1) is 0 Å². The second kappa shape index (κ2) is 8.32. The zero-order valence-electron chi connectivity index (χ0n) is 9.96. The molecule has 0 radical (unpaired) electrons. The number of nitrogens with two attached hydrogens (primary N) is 2. The number of carboxylic acid groups (broad SMARTS) is 1. The van der Waals surface area contributed by atoms with Crippen molar-refractivity contribution in [3.63, 3.8) is 0 Å². The lowest BCUT2D eigenvalue weighted by Gasteiger charge is -2.18. The molecule has 9 nitrogen and oxygen atoms in total. The predicted molar refractivity (Wildman–Crippen MR) is 68.2 cm³/mol. The van der Waals surface area contributed by atoms with Gasteiger partial charge in [-0.1, -0.05) is 0 Å². The Morgan fingerprint density at radius 3 is 2.21 bits per heavy atom. The van der Waals surface area contributed by atoms with Crippen molar-refractivity contribution in [3.8, 4) is 0 Å². The molecule has 0 aromatic heterocycles. The lowest BCUT2D eigenvalue weighted by atomic mass is 10.1. The van der Waals surface area contributed by atoms with Crippen molar-refractivity contribution < 1.29 is 24.3 Å². The fraction of sp³-hybridized carbons (Fsp3) is 0.556. The molecule has 0 saturated heterocycles. The number of primary amides is 1. The summed E-state index contributed by atoms with van der Waals surface area (Å²) in [6.45, 7) is -0.636. The zero-order chi connectivity index (χ0) is 15.0. The zero-order valence-corrected chi connectivity index (χ0v) is 10.9. The van der Waals surface area contributed by atoms with Gasteiger partial charge in [-0.3, -0.25) is 19.2 Å². The highest BCUT2D eigenvalue weighted by molar-refractivity contribution is 7.80. The van der Waals surface area contributed by atoms with Gasteiger partial charge in [0.1, 0.15) is 12.6 Å². The Morgan fingerprint density at radius 2 is 1.79 bits per heavy atom. The van der Waals surface area contributed by atoms with Crippen LogP contribution in [0.2, 0.25) is 0 Å². The maximum absolute atomic E-state index is 11.6. The van der Waals surface area contributed by atoms with E-state index in [1.807, 2.05) is 5.32 Å². The van der Waals surface area contributed by atoms with E-state index in [1.165, 1.54) is 0 Å². The van der Waals surface area contributed by atoms with Crippen LogP contribution in [0.25, 0.3) is 0 Å². The van der Waals surface area contributed by atoms with Gasteiger partial charge in [0.25, 0.3) is 0 Å². The molecule has 3 amide bonds. The predicted octanol–water partition coefficient (Wildman–Crippen LogP) is -3.20. The largest absolute Gasteiger partial charge is 0.480 e. The molecule has 0 aliphatic heterocycles. The lowest BCUT2D eigenvalue weighted by molar-refractivity contribution is -0.138. The number of amides is 3. The fourth-order valence-corrected chi connectivity index (χ4v) is 1.22. The van der Waals surface area contributed by atoms with Gasteiger partial charge in [-0.05, 0) is 0 Å². The van der Waals surface area contributed by atoms with Crippen molar-refractivity contribution in [1.82, 2.24) is 10.6 Å². The van der Waals surface area contributed by atoms with E-state index in [4.69, 9.17) is 16.6 Å². The summed E-state index contributed by atoms with van der Waals surface area (Å²) in [6.07, 6.45) is -0.462. The fourth-order valence-electron chi connectivity index (χ4n) is 1.06. The van der Waals surface area contributed by atoms with Gasteiger partial charge >= 0.3 is 5.97 Å². The molecule has 0 aliphatic rings. The van der Waals surface area contributed by atoms with Crippen LogP contribution in [0.1, 0.15) is 6.42 Å². The topological polar surface area (TPSA) is 165 Å². The number of aliphatic carboxylic acids is 1. The number of nitrogens with one attached hydrogen (secondary N) is 2. The molecule has 108 valence electrons. The average Bonchev–Trinajstić information content (AvgIpc) is 2.33. The van der Waals surface area contributed by atoms with Crippen molar-refractivity contribution in [1.29, 1.82) is 0 Å². The SMILES string of the molecule is NC(=O)C[C@H](NC(=O)[C@@H](N)CS)C(=O)NCC(=O)O. The number of carbonyl (C=O) groups excluding carboxylic acids is 3. The van der Waals surface area contributed by atoms with Gasteiger partial charge in [0.15, 0.2) is 0 Å². The van der Waals surface area contributed by atoms with E-state index in [1.54, 1.807) is 0 Å². The molecule has 2 atom stereocenters. The highest BCUT2D eigenvalue weighted by Crippen LogP contribution is 1.94. The molecule has 7 N–H and O–H groups in total. The van der Waals surface area contributed by atoms with Gasteiger partial charge in [0.2, 0.25) is 17.7 Å². The number of thiol groups is 1. The van der Waals surface area contributed by atoms with Crippen molar-refractivity contribution in [3.05, 3.63) is 0 Å². The molecule has 0 unspecified atom stereocenters. The van der Waals surface area contributed by atoms with E-state index in [2.05, 4.69) is 17.9 Å². The normalized spacial score (nSPS) is 13.2. The van der Waals surface area contributed by atoms with Crippen molar-refractivity contribution in [2.24, 2.45) is 11.5 Å². The quantitative estimate of drug-likeness (QED) is 0.258. The average molecular weight is 292 g/mol. The Kier molecular flexibility index (Phi) is 7.53. The summed E-state index contributed by atoms with van der Waals surface area (Å²) in [6, 6.07) is -2.22. The highest BCUT2D eigenvalue weighted by Gasteiger charge is 2.25. The molecule has 10 heteroatoms. The molecule has 0 spiro atoms. The van der Waals surface area contributed by atoms with Gasteiger partial charge < -0.3 is 27.2 Å². The van der Waals surface area contributed by atoms with Gasteiger partial charge in [0, 0.05) is 5.75 Å². The Bertz CT molecular complexity index is 376. The molecular weight excluding hydrogens is 276 g/mol. The summed E-state index contributed by atoms with van der Waals surface area (Å²) >= 11 is 3.81. The van der Waals surface area contributed by atoms with Crippen LogP contribution < -0.4 is 22.1 Å². The van der Waals surface area contributed by atoms with Crippen LogP contribution in [0.3, 0.4) is 0 Å². The molecule has 0 heterocycles. The lowest BCUT2D eigenvalue weighted by Crippen LogP contribution is -2.53. The minimum atomic E-state index is -1.27. The van der Waals surface area contributed by atoms with Crippen LogP contribution in [0.4, 0.5) is 0 Å². The van der Waals surface area contributed by atoms with Gasteiger partial charge in [0.05, 0.1) is 12.5 Å². The molecule has 0 aromatic rings. The Balaban J connectivity index is 4.61. The summed E-state index contributed by atoms with van der Waals surface area (Å²) in [5, 5.41) is 12.6. The van der Waals surface area contributed by atoms with Gasteiger partial charge in [-0.15, -0.1) is 0 Å². The molecule has 19 heavy (non-hydrogen) atoms. The van der Waals surface area contributed by atoms with E-state index in [-0.39, 0.29) is 5.75 Å². The summed E-state index contributed by atoms with van der Waals surface area (Å²) in [4.78, 5) is 44.2. The molecule has 0 saturated carbocycles. The molecular formula is C9H16N4O5S.